The van der Waals surface area contributed by atoms with Gasteiger partial charge in [-0.2, -0.15) is 0 Å². The molecule has 2 rings (SSSR count). The van der Waals surface area contributed by atoms with Crippen LogP contribution in [0, 0.1) is 0 Å². The van der Waals surface area contributed by atoms with E-state index in [2.05, 4.69) is 4.74 Å². The van der Waals surface area contributed by atoms with Crippen LogP contribution in [0.5, 0.6) is 0 Å². The fourth-order valence-electron chi connectivity index (χ4n) is 2.17. The summed E-state index contributed by atoms with van der Waals surface area (Å²) >= 11 is 0. The molecular formula is C11H18O7. The summed E-state index contributed by atoms with van der Waals surface area (Å²) in [4.78, 5) is 11.4. The molecule has 2 unspecified atom stereocenters. The summed E-state index contributed by atoms with van der Waals surface area (Å²) in [6.07, 6.45) is -4.12. The number of fused-ring (bicyclic) bond motifs is 1. The van der Waals surface area contributed by atoms with E-state index in [-0.39, 0.29) is 6.10 Å². The van der Waals surface area contributed by atoms with Gasteiger partial charge in [-0.1, -0.05) is 0 Å². The topological polar surface area (TPSA) is 83.5 Å². The molecule has 0 radical (unpaired) electrons. The number of ether oxygens (including phenoxy) is 5. The zero-order valence-electron chi connectivity index (χ0n) is 10.6. The first-order valence-electron chi connectivity index (χ1n) is 5.86. The molecule has 0 aromatic rings. The highest BCUT2D eigenvalue weighted by Crippen LogP contribution is 2.29. The Bertz CT molecular complexity index is 308. The second-order valence-corrected chi connectivity index (χ2v) is 4.31. The predicted molar refractivity (Wildman–Crippen MR) is 57.5 cm³/mol. The maximum absolute atomic E-state index is 11.4. The van der Waals surface area contributed by atoms with E-state index in [1.54, 1.807) is 13.8 Å². The Morgan fingerprint density at radius 1 is 1.28 bits per heavy atom. The van der Waals surface area contributed by atoms with Crippen LogP contribution < -0.4 is 0 Å². The van der Waals surface area contributed by atoms with E-state index >= 15 is 0 Å². The van der Waals surface area contributed by atoms with Gasteiger partial charge in [0, 0.05) is 0 Å². The Hall–Kier alpha value is -0.730. The first kappa shape index (κ1) is 13.7. The van der Waals surface area contributed by atoms with Crippen LogP contribution in [0.25, 0.3) is 0 Å². The minimum atomic E-state index is -1.40. The smallest absolute Gasteiger partial charge is 0.337 e. The van der Waals surface area contributed by atoms with Crippen LogP contribution in [0.4, 0.5) is 0 Å². The molecule has 1 N–H and O–H groups in total. The molecule has 18 heavy (non-hydrogen) atoms. The molecular weight excluding hydrogens is 244 g/mol. The van der Waals surface area contributed by atoms with Crippen molar-refractivity contribution in [2.45, 2.75) is 50.8 Å². The van der Waals surface area contributed by atoms with E-state index in [0.29, 0.717) is 6.61 Å². The number of esters is 1. The van der Waals surface area contributed by atoms with Crippen molar-refractivity contribution in [3.63, 3.8) is 0 Å². The second kappa shape index (κ2) is 5.50. The molecule has 2 heterocycles. The minimum absolute atomic E-state index is 0.337. The lowest BCUT2D eigenvalue weighted by Crippen LogP contribution is -2.61. The number of aliphatic hydroxyl groups excluding tert-OH is 1. The first-order chi connectivity index (χ1) is 8.52. The Morgan fingerprint density at radius 3 is 2.67 bits per heavy atom. The summed E-state index contributed by atoms with van der Waals surface area (Å²) in [6.45, 7) is 3.75. The largest absolute Gasteiger partial charge is 0.467 e. The fraction of sp³-hybridized carbons (Fsp3) is 0.909. The van der Waals surface area contributed by atoms with Crippen molar-refractivity contribution in [1.29, 1.82) is 0 Å². The summed E-state index contributed by atoms with van der Waals surface area (Å²) in [5.41, 5.74) is 0. The molecule has 2 fully saturated rings. The number of aliphatic hydroxyl groups is 1. The molecule has 0 aliphatic carbocycles. The van der Waals surface area contributed by atoms with Gasteiger partial charge in [0.05, 0.1) is 13.7 Å². The molecule has 0 spiro atoms. The molecule has 0 amide bonds. The molecule has 104 valence electrons. The van der Waals surface area contributed by atoms with Crippen molar-refractivity contribution in [3.05, 3.63) is 0 Å². The quantitative estimate of drug-likeness (QED) is 0.666. The third kappa shape index (κ3) is 2.65. The maximum Gasteiger partial charge on any atom is 0.337 e. The molecule has 0 bridgehead atoms. The van der Waals surface area contributed by atoms with Crippen molar-refractivity contribution >= 4 is 5.97 Å². The van der Waals surface area contributed by atoms with Crippen LogP contribution in [0.15, 0.2) is 0 Å². The van der Waals surface area contributed by atoms with Crippen molar-refractivity contribution in [2.75, 3.05) is 13.7 Å². The highest BCUT2D eigenvalue weighted by atomic mass is 16.8. The third-order valence-corrected chi connectivity index (χ3v) is 3.00. The summed E-state index contributed by atoms with van der Waals surface area (Å²) < 4.78 is 26.3. The van der Waals surface area contributed by atoms with E-state index in [4.69, 9.17) is 18.9 Å². The van der Waals surface area contributed by atoms with Gasteiger partial charge in [0.2, 0.25) is 0 Å². The predicted octanol–water partition coefficient (Wildman–Crippen LogP) is -0.588. The second-order valence-electron chi connectivity index (χ2n) is 4.31. The average molecular weight is 262 g/mol. The van der Waals surface area contributed by atoms with Crippen molar-refractivity contribution in [3.8, 4) is 0 Å². The van der Waals surface area contributed by atoms with Crippen LogP contribution in [0.2, 0.25) is 0 Å². The van der Waals surface area contributed by atoms with Gasteiger partial charge in [0.15, 0.2) is 18.7 Å². The summed E-state index contributed by atoms with van der Waals surface area (Å²) in [5, 5.41) is 9.91. The molecule has 0 saturated carbocycles. The van der Waals surface area contributed by atoms with Crippen molar-refractivity contribution < 1.29 is 33.6 Å². The fourth-order valence-corrected chi connectivity index (χ4v) is 2.17. The Kier molecular flexibility index (Phi) is 4.18. The molecule has 7 nitrogen and oxygen atoms in total. The van der Waals surface area contributed by atoms with Gasteiger partial charge in [-0.15, -0.1) is 0 Å². The standard InChI is InChI=1S/C11H18O7/c1-5-15-4-7-9(17-5)10(18-6(2)16-7)8(12)11(13)14-3/h5-10,12H,4H2,1-3H3/t5?,6?,7-,8-,9+,10+/m0/s1. The lowest BCUT2D eigenvalue weighted by molar-refractivity contribution is -0.358. The zero-order chi connectivity index (χ0) is 13.3. The lowest BCUT2D eigenvalue weighted by Gasteiger charge is -2.45. The summed E-state index contributed by atoms with van der Waals surface area (Å²) in [7, 11) is 1.21. The Balaban J connectivity index is 2.12. The van der Waals surface area contributed by atoms with E-state index in [0.717, 1.165) is 0 Å². The zero-order valence-corrected chi connectivity index (χ0v) is 10.6. The maximum atomic E-state index is 11.4. The monoisotopic (exact) mass is 262 g/mol. The van der Waals surface area contributed by atoms with E-state index < -0.39 is 36.9 Å². The van der Waals surface area contributed by atoms with Crippen molar-refractivity contribution in [1.82, 2.24) is 0 Å². The molecule has 6 atom stereocenters. The van der Waals surface area contributed by atoms with Crippen LogP contribution in [-0.4, -0.2) is 61.8 Å². The third-order valence-electron chi connectivity index (χ3n) is 3.00. The first-order valence-corrected chi connectivity index (χ1v) is 5.86. The highest BCUT2D eigenvalue weighted by Gasteiger charge is 2.48. The van der Waals surface area contributed by atoms with E-state index in [1.165, 1.54) is 7.11 Å². The Morgan fingerprint density at radius 2 is 2.00 bits per heavy atom. The van der Waals surface area contributed by atoms with Crippen LogP contribution in [0.3, 0.4) is 0 Å². The van der Waals surface area contributed by atoms with Crippen LogP contribution >= 0.6 is 0 Å². The molecule has 0 aromatic carbocycles. The van der Waals surface area contributed by atoms with Crippen LogP contribution in [-0.2, 0) is 28.5 Å². The van der Waals surface area contributed by atoms with Gasteiger partial charge in [-0.3, -0.25) is 0 Å². The van der Waals surface area contributed by atoms with Gasteiger partial charge >= 0.3 is 5.97 Å². The molecule has 2 aliphatic heterocycles. The highest BCUT2D eigenvalue weighted by molar-refractivity contribution is 5.75. The number of methoxy groups -OCH3 is 1. The number of hydrogen-bond donors (Lipinski definition) is 1. The van der Waals surface area contributed by atoms with Gasteiger partial charge < -0.3 is 28.8 Å². The van der Waals surface area contributed by atoms with Crippen molar-refractivity contribution in [2.24, 2.45) is 0 Å². The lowest BCUT2D eigenvalue weighted by atomic mass is 10.0. The van der Waals surface area contributed by atoms with E-state index in [9.17, 15) is 9.90 Å². The Labute approximate surface area is 105 Å². The summed E-state index contributed by atoms with van der Waals surface area (Å²) in [5.74, 6) is -0.754. The van der Waals surface area contributed by atoms with Crippen LogP contribution in [0.1, 0.15) is 13.8 Å². The van der Waals surface area contributed by atoms with E-state index in [1.807, 2.05) is 0 Å². The van der Waals surface area contributed by atoms with Gasteiger partial charge in [0.1, 0.15) is 18.3 Å². The molecule has 0 aromatic heterocycles. The normalized spacial score (nSPS) is 41.9. The average Bonchev–Trinajstić information content (AvgIpc) is 2.36. The number of rotatable bonds is 2. The number of carbonyl (C=O) groups excluding carboxylic acids is 1. The molecule has 2 aliphatic rings. The van der Waals surface area contributed by atoms with Gasteiger partial charge in [0.25, 0.3) is 0 Å². The van der Waals surface area contributed by atoms with Gasteiger partial charge in [-0.05, 0) is 13.8 Å². The summed E-state index contributed by atoms with van der Waals surface area (Å²) in [6, 6.07) is 0. The van der Waals surface area contributed by atoms with Gasteiger partial charge in [-0.25, -0.2) is 4.79 Å². The molecule has 2 saturated heterocycles. The number of hydrogen-bond acceptors (Lipinski definition) is 7. The SMILES string of the molecule is COC(=O)[C@@H](O)[C@H]1OC(C)O[C@H]2COC(C)O[C@@H]12. The molecule has 7 heteroatoms. The number of carbonyl (C=O) groups is 1. The minimum Gasteiger partial charge on any atom is -0.467 e.